The molecule has 0 saturated heterocycles. The predicted octanol–water partition coefficient (Wildman–Crippen LogP) is 10.6. The largest absolute Gasteiger partial charge is 0.432 e. The van der Waals surface area contributed by atoms with Gasteiger partial charge in [0.2, 0.25) is 0 Å². The van der Waals surface area contributed by atoms with E-state index in [1.807, 2.05) is 6.08 Å². The molecule has 4 aromatic carbocycles. The molecule has 0 heterocycles. The molecule has 1 saturated carbocycles. The first-order valence-corrected chi connectivity index (χ1v) is 13.3. The lowest BCUT2D eigenvalue weighted by molar-refractivity contribution is -0.189. The van der Waals surface area contributed by atoms with Gasteiger partial charge in [-0.2, -0.15) is 8.78 Å². The Morgan fingerprint density at radius 1 is 0.628 bits per heavy atom. The summed E-state index contributed by atoms with van der Waals surface area (Å²) in [5.41, 5.74) is -1.65. The van der Waals surface area contributed by atoms with Crippen molar-refractivity contribution in [2.24, 2.45) is 5.92 Å². The van der Waals surface area contributed by atoms with Gasteiger partial charge >= 0.3 is 6.11 Å². The second-order valence-corrected chi connectivity index (χ2v) is 10.4. The average molecular weight is 607 g/mol. The third kappa shape index (κ3) is 6.14. The van der Waals surface area contributed by atoms with E-state index in [1.165, 1.54) is 18.2 Å². The summed E-state index contributed by atoms with van der Waals surface area (Å²) in [4.78, 5) is 0. The molecule has 10 heteroatoms. The Morgan fingerprint density at radius 3 is 1.72 bits per heavy atom. The van der Waals surface area contributed by atoms with Crippen LogP contribution >= 0.6 is 0 Å². The minimum absolute atomic E-state index is 0.0815. The molecule has 1 nitrogen and oxygen atoms in total. The topological polar surface area (TPSA) is 9.23 Å². The molecule has 1 aliphatic carbocycles. The van der Waals surface area contributed by atoms with Gasteiger partial charge in [-0.1, -0.05) is 30.3 Å². The summed E-state index contributed by atoms with van der Waals surface area (Å²) in [6, 6.07) is 9.16. The minimum Gasteiger partial charge on any atom is -0.429 e. The zero-order chi connectivity index (χ0) is 31.1. The highest BCUT2D eigenvalue weighted by Crippen LogP contribution is 2.40. The quantitative estimate of drug-likeness (QED) is 0.116. The summed E-state index contributed by atoms with van der Waals surface area (Å²) >= 11 is 0. The van der Waals surface area contributed by atoms with E-state index < -0.39 is 63.7 Å². The summed E-state index contributed by atoms with van der Waals surface area (Å²) < 4.78 is 133. The maximum Gasteiger partial charge on any atom is 0.432 e. The number of hydrogen-bond acceptors (Lipinski definition) is 1. The lowest BCUT2D eigenvalue weighted by atomic mass is 9.78. The molecule has 1 fully saturated rings. The smallest absolute Gasteiger partial charge is 0.429 e. The second kappa shape index (κ2) is 11.8. The first kappa shape index (κ1) is 30.3. The molecule has 43 heavy (non-hydrogen) atoms. The third-order valence-electron chi connectivity index (χ3n) is 7.70. The zero-order valence-electron chi connectivity index (χ0n) is 22.4. The van der Waals surface area contributed by atoms with Crippen LogP contribution in [0.3, 0.4) is 0 Å². The highest BCUT2D eigenvalue weighted by atomic mass is 19.3. The van der Waals surface area contributed by atoms with Gasteiger partial charge in [-0.25, -0.2) is 30.7 Å². The summed E-state index contributed by atoms with van der Waals surface area (Å²) in [7, 11) is 0. The number of ether oxygens (including phenoxy) is 1. The minimum atomic E-state index is -4.79. The van der Waals surface area contributed by atoms with Crippen molar-refractivity contribution in [1.82, 2.24) is 0 Å². The van der Waals surface area contributed by atoms with Crippen molar-refractivity contribution in [1.29, 1.82) is 0 Å². The molecule has 1 aliphatic rings. The molecule has 5 rings (SSSR count). The predicted molar refractivity (Wildman–Crippen MR) is 143 cm³/mol. The van der Waals surface area contributed by atoms with Crippen LogP contribution in [0.1, 0.15) is 42.7 Å². The van der Waals surface area contributed by atoms with Crippen LogP contribution in [-0.2, 0) is 6.11 Å². The van der Waals surface area contributed by atoms with Crippen LogP contribution in [0.5, 0.6) is 5.75 Å². The van der Waals surface area contributed by atoms with Crippen LogP contribution in [0.15, 0.2) is 73.3 Å². The molecule has 0 atom stereocenters. The summed E-state index contributed by atoms with van der Waals surface area (Å²) in [5.74, 6) is -11.5. The Labute approximate surface area is 241 Å². The van der Waals surface area contributed by atoms with Crippen molar-refractivity contribution in [2.45, 2.75) is 37.7 Å². The van der Waals surface area contributed by atoms with Gasteiger partial charge in [0.25, 0.3) is 0 Å². The van der Waals surface area contributed by atoms with Crippen LogP contribution in [0.25, 0.3) is 22.3 Å². The van der Waals surface area contributed by atoms with Crippen LogP contribution in [0, 0.1) is 46.6 Å². The first-order valence-electron chi connectivity index (χ1n) is 13.3. The highest BCUT2D eigenvalue weighted by Gasteiger charge is 2.41. The monoisotopic (exact) mass is 606 g/mol. The standard InChI is InChI=1S/C33H23F9O/c1-2-17-3-5-18(6-4-17)19-7-9-23(25(34)11-19)20-8-10-24(26(35)12-20)21-13-27(36)31(28(37)14-21)33(41,42)43-22-15-29(38)32(40)30(39)16-22/h2,7-18H,1,3-6H2. The van der Waals surface area contributed by atoms with Crippen LogP contribution in [0.2, 0.25) is 0 Å². The van der Waals surface area contributed by atoms with E-state index in [2.05, 4.69) is 11.3 Å². The van der Waals surface area contributed by atoms with Gasteiger partial charge in [-0.3, -0.25) is 0 Å². The number of allylic oxidation sites excluding steroid dienone is 1. The van der Waals surface area contributed by atoms with Crippen molar-refractivity contribution in [3.8, 4) is 28.0 Å². The first-order chi connectivity index (χ1) is 20.4. The second-order valence-electron chi connectivity index (χ2n) is 10.4. The molecular formula is C33H23F9O. The molecule has 4 aromatic rings. The maximum atomic E-state index is 15.1. The SMILES string of the molecule is C=CC1CCC(c2ccc(-c3ccc(-c4cc(F)c(C(F)(F)Oc5cc(F)c(F)c(F)c5)c(F)c4)c(F)c3)c(F)c2)CC1. The van der Waals surface area contributed by atoms with Crippen LogP contribution < -0.4 is 4.74 Å². The summed E-state index contributed by atoms with van der Waals surface area (Å²) in [6.45, 7) is 3.82. The highest BCUT2D eigenvalue weighted by molar-refractivity contribution is 5.72. The fourth-order valence-corrected chi connectivity index (χ4v) is 5.42. The normalized spacial score (nSPS) is 17.1. The summed E-state index contributed by atoms with van der Waals surface area (Å²) in [5, 5.41) is 0. The van der Waals surface area contributed by atoms with Gasteiger partial charge in [0.15, 0.2) is 17.5 Å². The number of halogens is 9. The third-order valence-corrected chi connectivity index (χ3v) is 7.70. The van der Waals surface area contributed by atoms with Crippen molar-refractivity contribution >= 4 is 0 Å². The average Bonchev–Trinajstić information content (AvgIpc) is 2.95. The molecule has 0 bridgehead atoms. The van der Waals surface area contributed by atoms with E-state index >= 15 is 8.78 Å². The van der Waals surface area contributed by atoms with Crippen molar-refractivity contribution in [3.05, 3.63) is 125 Å². The zero-order valence-corrected chi connectivity index (χ0v) is 22.4. The molecular weight excluding hydrogens is 583 g/mol. The number of rotatable bonds is 7. The molecule has 0 N–H and O–H groups in total. The van der Waals surface area contributed by atoms with E-state index in [9.17, 15) is 30.7 Å². The van der Waals surface area contributed by atoms with E-state index in [4.69, 9.17) is 0 Å². The van der Waals surface area contributed by atoms with E-state index in [-0.39, 0.29) is 34.7 Å². The lowest BCUT2D eigenvalue weighted by Gasteiger charge is -2.27. The van der Waals surface area contributed by atoms with Crippen LogP contribution in [-0.4, -0.2) is 0 Å². The van der Waals surface area contributed by atoms with Gasteiger partial charge in [-0.05, 0) is 78.5 Å². The lowest BCUT2D eigenvalue weighted by Crippen LogP contribution is -2.25. The summed E-state index contributed by atoms with van der Waals surface area (Å²) in [6.07, 6.45) is 0.858. The Morgan fingerprint density at radius 2 is 1.16 bits per heavy atom. The van der Waals surface area contributed by atoms with E-state index in [0.29, 0.717) is 18.1 Å². The fourth-order valence-electron chi connectivity index (χ4n) is 5.42. The number of alkyl halides is 2. The Hall–Kier alpha value is -4.21. The van der Waals surface area contributed by atoms with Crippen molar-refractivity contribution in [3.63, 3.8) is 0 Å². The van der Waals surface area contributed by atoms with E-state index in [0.717, 1.165) is 43.4 Å². The maximum absolute atomic E-state index is 15.1. The van der Waals surface area contributed by atoms with Gasteiger partial charge in [0.1, 0.15) is 34.6 Å². The number of hydrogen-bond donors (Lipinski definition) is 0. The van der Waals surface area contributed by atoms with Gasteiger partial charge < -0.3 is 4.74 Å². The molecule has 0 aliphatic heterocycles. The fraction of sp³-hybridized carbons (Fsp3) is 0.212. The van der Waals surface area contributed by atoms with Gasteiger partial charge in [0.05, 0.1) is 0 Å². The van der Waals surface area contributed by atoms with Crippen LogP contribution in [0.4, 0.5) is 39.5 Å². The molecule has 0 radical (unpaired) electrons. The Kier molecular flexibility index (Phi) is 8.31. The molecule has 0 unspecified atom stereocenters. The number of benzene rings is 4. The Balaban J connectivity index is 1.39. The Bertz CT molecular complexity index is 1640. The van der Waals surface area contributed by atoms with E-state index in [1.54, 1.807) is 6.07 Å². The van der Waals surface area contributed by atoms with Crippen molar-refractivity contribution in [2.75, 3.05) is 0 Å². The molecule has 224 valence electrons. The molecule has 0 spiro atoms. The molecule has 0 aromatic heterocycles. The molecule has 0 amide bonds. The van der Waals surface area contributed by atoms with Gasteiger partial charge in [0, 0.05) is 23.3 Å². The van der Waals surface area contributed by atoms with Gasteiger partial charge in [-0.15, -0.1) is 6.58 Å². The van der Waals surface area contributed by atoms with Crippen molar-refractivity contribution < 1.29 is 44.3 Å².